The average Bonchev–Trinajstić information content (AvgIpc) is 2.81. The van der Waals surface area contributed by atoms with Crippen molar-refractivity contribution in [3.8, 4) is 0 Å². The molecule has 7 nitrogen and oxygen atoms in total. The van der Waals surface area contributed by atoms with Gasteiger partial charge in [0.25, 0.3) is 11.5 Å². The fourth-order valence-corrected chi connectivity index (χ4v) is 3.20. The fourth-order valence-electron chi connectivity index (χ4n) is 3.20. The number of rotatable bonds is 6. The van der Waals surface area contributed by atoms with Crippen LogP contribution in [0.5, 0.6) is 0 Å². The van der Waals surface area contributed by atoms with Crippen molar-refractivity contribution in [3.05, 3.63) is 106 Å². The molecule has 1 amide bonds. The Morgan fingerprint density at radius 3 is 2.31 bits per heavy atom. The van der Waals surface area contributed by atoms with E-state index in [4.69, 9.17) is 4.74 Å². The van der Waals surface area contributed by atoms with Crippen molar-refractivity contribution in [2.75, 3.05) is 11.9 Å². The number of ether oxygens (including phenoxy) is 1. The highest BCUT2D eigenvalue weighted by atomic mass is 19.1. The highest BCUT2D eigenvalue weighted by Gasteiger charge is 2.19. The summed E-state index contributed by atoms with van der Waals surface area (Å²) >= 11 is 0. The first kappa shape index (κ1) is 20.9. The maximum absolute atomic E-state index is 13.7. The van der Waals surface area contributed by atoms with Gasteiger partial charge in [-0.1, -0.05) is 60.7 Å². The van der Waals surface area contributed by atoms with E-state index in [2.05, 4.69) is 10.4 Å². The summed E-state index contributed by atoms with van der Waals surface area (Å²) < 4.78 is 20.0. The average molecular weight is 431 g/mol. The van der Waals surface area contributed by atoms with Gasteiger partial charge in [-0.15, -0.1) is 0 Å². The van der Waals surface area contributed by atoms with E-state index in [1.807, 2.05) is 30.3 Å². The van der Waals surface area contributed by atoms with Crippen LogP contribution in [0.1, 0.15) is 16.1 Å². The van der Waals surface area contributed by atoms with E-state index in [1.165, 1.54) is 22.9 Å². The Hall–Kier alpha value is -4.33. The quantitative estimate of drug-likeness (QED) is 0.473. The molecule has 1 N–H and O–H groups in total. The standard InChI is InChI=1S/C24H18FN3O4/c25-19-12-6-7-13-20(19)26-21(29)15-32-24(31)22-17-10-4-5-11-18(17)23(30)28(27-22)14-16-8-2-1-3-9-16/h1-13H,14-15H2,(H,26,29). The third-order valence-electron chi connectivity index (χ3n) is 4.72. The van der Waals surface area contributed by atoms with E-state index < -0.39 is 24.3 Å². The Labute approximate surface area is 182 Å². The minimum absolute atomic E-state index is 0.0199. The SMILES string of the molecule is O=C(COC(=O)c1nn(Cc2ccccc2)c(=O)c2ccccc12)Nc1ccccc1F. The lowest BCUT2D eigenvalue weighted by Crippen LogP contribution is -2.28. The Bertz CT molecular complexity index is 1350. The molecule has 0 saturated carbocycles. The molecule has 1 heterocycles. The van der Waals surface area contributed by atoms with Crippen LogP contribution in [0.4, 0.5) is 10.1 Å². The monoisotopic (exact) mass is 431 g/mol. The highest BCUT2D eigenvalue weighted by Crippen LogP contribution is 2.16. The van der Waals surface area contributed by atoms with Gasteiger partial charge in [0, 0.05) is 5.39 Å². The largest absolute Gasteiger partial charge is 0.451 e. The second-order valence-electron chi connectivity index (χ2n) is 6.95. The highest BCUT2D eigenvalue weighted by molar-refractivity contribution is 6.03. The lowest BCUT2D eigenvalue weighted by Gasteiger charge is -2.11. The number of halogens is 1. The van der Waals surface area contributed by atoms with Crippen LogP contribution in [0.3, 0.4) is 0 Å². The number of aromatic nitrogens is 2. The summed E-state index contributed by atoms with van der Waals surface area (Å²) in [5, 5.41) is 7.18. The summed E-state index contributed by atoms with van der Waals surface area (Å²) in [5.74, 6) is -2.18. The number of para-hydroxylation sites is 1. The lowest BCUT2D eigenvalue weighted by atomic mass is 10.1. The molecule has 1 aromatic heterocycles. The topological polar surface area (TPSA) is 90.3 Å². The predicted octanol–water partition coefficient (Wildman–Crippen LogP) is 3.38. The molecule has 0 bridgehead atoms. The number of nitrogens with zero attached hydrogens (tertiary/aromatic N) is 2. The van der Waals surface area contributed by atoms with Crippen LogP contribution in [-0.4, -0.2) is 28.3 Å². The molecule has 0 radical (unpaired) electrons. The molecule has 0 aliphatic rings. The van der Waals surface area contributed by atoms with Gasteiger partial charge in [0.1, 0.15) is 5.82 Å². The molecular formula is C24H18FN3O4. The first-order valence-electron chi connectivity index (χ1n) is 9.78. The zero-order chi connectivity index (χ0) is 22.5. The summed E-state index contributed by atoms with van der Waals surface area (Å²) in [7, 11) is 0. The summed E-state index contributed by atoms with van der Waals surface area (Å²) in [5.41, 5.74) is 0.377. The maximum atomic E-state index is 13.7. The number of carbonyl (C=O) groups is 2. The second-order valence-corrected chi connectivity index (χ2v) is 6.95. The third-order valence-corrected chi connectivity index (χ3v) is 4.72. The maximum Gasteiger partial charge on any atom is 0.359 e. The van der Waals surface area contributed by atoms with Gasteiger partial charge < -0.3 is 10.1 Å². The van der Waals surface area contributed by atoms with Crippen LogP contribution in [0, 0.1) is 5.82 Å². The smallest absolute Gasteiger partial charge is 0.359 e. The molecule has 3 aromatic carbocycles. The molecule has 4 aromatic rings. The number of hydrogen-bond donors (Lipinski definition) is 1. The Morgan fingerprint density at radius 2 is 1.56 bits per heavy atom. The van der Waals surface area contributed by atoms with E-state index in [0.29, 0.717) is 10.8 Å². The number of nitrogens with one attached hydrogen (secondary N) is 1. The number of fused-ring (bicyclic) bond motifs is 1. The first-order valence-corrected chi connectivity index (χ1v) is 9.78. The summed E-state index contributed by atoms with van der Waals surface area (Å²) in [6.07, 6.45) is 0. The number of anilines is 1. The van der Waals surface area contributed by atoms with Crippen molar-refractivity contribution < 1.29 is 18.7 Å². The third kappa shape index (κ3) is 4.54. The van der Waals surface area contributed by atoms with E-state index >= 15 is 0 Å². The van der Waals surface area contributed by atoms with Crippen LogP contribution in [0.2, 0.25) is 0 Å². The molecule has 0 saturated heterocycles. The Balaban J connectivity index is 1.58. The molecule has 0 aliphatic heterocycles. The number of carbonyl (C=O) groups excluding carboxylic acids is 2. The minimum atomic E-state index is -0.869. The van der Waals surface area contributed by atoms with E-state index in [0.717, 1.165) is 5.56 Å². The molecular weight excluding hydrogens is 413 g/mol. The van der Waals surface area contributed by atoms with Crippen molar-refractivity contribution in [1.82, 2.24) is 9.78 Å². The number of esters is 1. The minimum Gasteiger partial charge on any atom is -0.451 e. The second kappa shape index (κ2) is 9.22. The van der Waals surface area contributed by atoms with Gasteiger partial charge in [-0.2, -0.15) is 5.10 Å². The van der Waals surface area contributed by atoms with Crippen LogP contribution in [0.15, 0.2) is 83.7 Å². The Morgan fingerprint density at radius 1 is 0.906 bits per heavy atom. The summed E-state index contributed by atoms with van der Waals surface area (Å²) in [6.45, 7) is -0.473. The normalized spacial score (nSPS) is 10.7. The van der Waals surface area contributed by atoms with Gasteiger partial charge in [-0.3, -0.25) is 9.59 Å². The van der Waals surface area contributed by atoms with Crippen molar-refractivity contribution in [1.29, 1.82) is 0 Å². The summed E-state index contributed by atoms with van der Waals surface area (Å²) in [6, 6.07) is 21.4. The van der Waals surface area contributed by atoms with E-state index in [-0.39, 0.29) is 23.5 Å². The van der Waals surface area contributed by atoms with Crippen LogP contribution >= 0.6 is 0 Å². The fraction of sp³-hybridized carbons (Fsp3) is 0.0833. The molecule has 32 heavy (non-hydrogen) atoms. The van der Waals surface area contributed by atoms with Crippen LogP contribution in [-0.2, 0) is 16.1 Å². The van der Waals surface area contributed by atoms with Crippen LogP contribution < -0.4 is 10.9 Å². The van der Waals surface area contributed by atoms with Crippen LogP contribution in [0.25, 0.3) is 10.8 Å². The van der Waals surface area contributed by atoms with E-state index in [9.17, 15) is 18.8 Å². The number of amides is 1. The molecule has 0 aliphatic carbocycles. The van der Waals surface area contributed by atoms with Crippen molar-refractivity contribution in [2.45, 2.75) is 6.54 Å². The van der Waals surface area contributed by atoms with Gasteiger partial charge in [-0.05, 0) is 23.8 Å². The van der Waals surface area contributed by atoms with Gasteiger partial charge in [0.15, 0.2) is 12.3 Å². The van der Waals surface area contributed by atoms with Gasteiger partial charge in [0.05, 0.1) is 17.6 Å². The first-order chi connectivity index (χ1) is 15.5. The zero-order valence-electron chi connectivity index (χ0n) is 16.8. The van der Waals surface area contributed by atoms with Gasteiger partial charge in [0.2, 0.25) is 0 Å². The molecule has 8 heteroatoms. The van der Waals surface area contributed by atoms with Crippen molar-refractivity contribution in [3.63, 3.8) is 0 Å². The van der Waals surface area contributed by atoms with Crippen molar-refractivity contribution in [2.24, 2.45) is 0 Å². The zero-order valence-corrected chi connectivity index (χ0v) is 16.8. The van der Waals surface area contributed by atoms with Crippen molar-refractivity contribution >= 4 is 28.3 Å². The van der Waals surface area contributed by atoms with Gasteiger partial charge >= 0.3 is 5.97 Å². The molecule has 0 fully saturated rings. The predicted molar refractivity (Wildman–Crippen MR) is 117 cm³/mol. The number of hydrogen-bond acceptors (Lipinski definition) is 5. The molecule has 160 valence electrons. The molecule has 0 unspecified atom stereocenters. The molecule has 0 atom stereocenters. The van der Waals surface area contributed by atoms with E-state index in [1.54, 1.807) is 30.3 Å². The summed E-state index contributed by atoms with van der Waals surface area (Å²) in [4.78, 5) is 37.7. The Kier molecular flexibility index (Phi) is 6.03. The molecule has 0 spiro atoms. The lowest BCUT2D eigenvalue weighted by molar-refractivity contribution is -0.119. The molecule has 4 rings (SSSR count). The number of benzene rings is 3. The van der Waals surface area contributed by atoms with Gasteiger partial charge in [-0.25, -0.2) is 13.9 Å².